The van der Waals surface area contributed by atoms with Gasteiger partial charge < -0.3 is 11.1 Å². The van der Waals surface area contributed by atoms with E-state index in [9.17, 15) is 4.79 Å². The molecule has 4 rings (SSSR count). The van der Waals surface area contributed by atoms with Gasteiger partial charge in [-0.25, -0.2) is 0 Å². The van der Waals surface area contributed by atoms with Crippen LogP contribution in [0.15, 0.2) is 29.6 Å². The van der Waals surface area contributed by atoms with E-state index >= 15 is 0 Å². The van der Waals surface area contributed by atoms with E-state index in [0.29, 0.717) is 11.6 Å². The minimum absolute atomic E-state index is 0.273. The van der Waals surface area contributed by atoms with Gasteiger partial charge in [0.2, 0.25) is 0 Å². The van der Waals surface area contributed by atoms with Crippen LogP contribution in [0.25, 0.3) is 10.1 Å². The molecule has 1 fully saturated rings. The van der Waals surface area contributed by atoms with Gasteiger partial charge in [-0.1, -0.05) is 0 Å². The maximum atomic E-state index is 12.3. The van der Waals surface area contributed by atoms with Gasteiger partial charge in [0.15, 0.2) is 5.69 Å². The molecule has 1 aliphatic rings. The summed E-state index contributed by atoms with van der Waals surface area (Å²) in [6.07, 6.45) is 2.23. The summed E-state index contributed by atoms with van der Waals surface area (Å²) in [6.45, 7) is 0. The first kappa shape index (κ1) is 12.4. The number of anilines is 2. The molecule has 5 nitrogen and oxygen atoms in total. The molecule has 0 saturated heterocycles. The summed E-state index contributed by atoms with van der Waals surface area (Å²) < 4.78 is 1.20. The lowest BCUT2D eigenvalue weighted by molar-refractivity contribution is 0.102. The van der Waals surface area contributed by atoms with Crippen molar-refractivity contribution in [2.24, 2.45) is 0 Å². The third kappa shape index (κ3) is 2.17. The maximum absolute atomic E-state index is 12.3. The molecule has 0 aliphatic heterocycles. The largest absolute Gasteiger partial charge is 0.395 e. The van der Waals surface area contributed by atoms with Crippen molar-refractivity contribution in [1.29, 1.82) is 0 Å². The number of nitrogens with one attached hydrogen (secondary N) is 2. The zero-order valence-corrected chi connectivity index (χ0v) is 12.0. The molecule has 2 aromatic heterocycles. The standard InChI is InChI=1S/C15H14N4OS/c16-12-13(8-1-2-8)18-19-14(12)15(20)17-10-3-4-11-9(7-10)5-6-21-11/h3-8H,1-2,16H2,(H,17,20)(H,18,19). The molecule has 0 bridgehead atoms. The molecular weight excluding hydrogens is 284 g/mol. The molecule has 3 aromatic rings. The number of hydrogen-bond donors (Lipinski definition) is 3. The smallest absolute Gasteiger partial charge is 0.278 e. The van der Waals surface area contributed by atoms with Crippen LogP contribution in [0.5, 0.6) is 0 Å². The van der Waals surface area contributed by atoms with Gasteiger partial charge in [0.1, 0.15) is 0 Å². The van der Waals surface area contributed by atoms with E-state index < -0.39 is 0 Å². The first-order valence-electron chi connectivity index (χ1n) is 6.85. The average Bonchev–Trinajstić information content (AvgIpc) is 3.07. The third-order valence-corrected chi connectivity index (χ3v) is 4.64. The van der Waals surface area contributed by atoms with Crippen LogP contribution in [-0.2, 0) is 0 Å². The van der Waals surface area contributed by atoms with E-state index in [4.69, 9.17) is 5.73 Å². The van der Waals surface area contributed by atoms with Crippen molar-refractivity contribution >= 4 is 38.7 Å². The fourth-order valence-electron chi connectivity index (χ4n) is 2.46. The number of nitrogen functional groups attached to an aromatic ring is 1. The second-order valence-corrected chi connectivity index (χ2v) is 6.25. The molecule has 4 N–H and O–H groups in total. The van der Waals surface area contributed by atoms with Crippen molar-refractivity contribution in [2.45, 2.75) is 18.8 Å². The van der Waals surface area contributed by atoms with Gasteiger partial charge in [0.25, 0.3) is 5.91 Å². The van der Waals surface area contributed by atoms with Crippen LogP contribution in [0.4, 0.5) is 11.4 Å². The number of carbonyl (C=O) groups excluding carboxylic acids is 1. The topological polar surface area (TPSA) is 83.8 Å². The zero-order chi connectivity index (χ0) is 14.4. The van der Waals surface area contributed by atoms with Crippen molar-refractivity contribution in [3.8, 4) is 0 Å². The van der Waals surface area contributed by atoms with Crippen LogP contribution in [0, 0.1) is 0 Å². The van der Waals surface area contributed by atoms with Gasteiger partial charge in [0.05, 0.1) is 11.4 Å². The van der Waals surface area contributed by atoms with E-state index in [1.165, 1.54) is 4.70 Å². The SMILES string of the molecule is Nc1c(C(=O)Nc2ccc3sccc3c2)n[nH]c1C1CC1. The van der Waals surface area contributed by atoms with Crippen LogP contribution in [0.1, 0.15) is 34.9 Å². The number of hydrogen-bond acceptors (Lipinski definition) is 4. The Morgan fingerprint density at radius 1 is 1.38 bits per heavy atom. The van der Waals surface area contributed by atoms with Gasteiger partial charge in [-0.15, -0.1) is 11.3 Å². The molecule has 1 saturated carbocycles. The number of aromatic nitrogens is 2. The molecule has 0 unspecified atom stereocenters. The Morgan fingerprint density at radius 2 is 2.24 bits per heavy atom. The number of amides is 1. The Kier molecular flexibility index (Phi) is 2.71. The number of carbonyl (C=O) groups is 1. The number of nitrogens with zero attached hydrogens (tertiary/aromatic N) is 1. The van der Waals surface area contributed by atoms with Crippen molar-refractivity contribution in [3.63, 3.8) is 0 Å². The number of benzene rings is 1. The fourth-order valence-corrected chi connectivity index (χ4v) is 3.23. The molecule has 21 heavy (non-hydrogen) atoms. The Bertz CT molecular complexity index is 831. The lowest BCUT2D eigenvalue weighted by Gasteiger charge is -2.04. The predicted octanol–water partition coefficient (Wildman–Crippen LogP) is 3.34. The molecule has 6 heteroatoms. The first-order valence-corrected chi connectivity index (χ1v) is 7.72. The molecular formula is C15H14N4OS. The van der Waals surface area contributed by atoms with E-state index in [1.54, 1.807) is 11.3 Å². The van der Waals surface area contributed by atoms with Crippen molar-refractivity contribution < 1.29 is 4.79 Å². The van der Waals surface area contributed by atoms with Gasteiger partial charge >= 0.3 is 0 Å². The quantitative estimate of drug-likeness (QED) is 0.693. The monoisotopic (exact) mass is 298 g/mol. The second-order valence-electron chi connectivity index (χ2n) is 5.30. The minimum atomic E-state index is -0.273. The number of nitrogens with two attached hydrogens (primary N) is 1. The predicted molar refractivity (Wildman–Crippen MR) is 84.8 cm³/mol. The molecule has 1 aliphatic carbocycles. The van der Waals surface area contributed by atoms with E-state index in [1.807, 2.05) is 29.6 Å². The van der Waals surface area contributed by atoms with E-state index in [-0.39, 0.29) is 11.6 Å². The van der Waals surface area contributed by atoms with E-state index in [2.05, 4.69) is 15.5 Å². The Morgan fingerprint density at radius 3 is 3.05 bits per heavy atom. The van der Waals surface area contributed by atoms with Crippen LogP contribution in [-0.4, -0.2) is 16.1 Å². The number of fused-ring (bicyclic) bond motifs is 1. The van der Waals surface area contributed by atoms with Gasteiger partial charge in [0, 0.05) is 16.3 Å². The summed E-state index contributed by atoms with van der Waals surface area (Å²) >= 11 is 1.68. The average molecular weight is 298 g/mol. The lowest BCUT2D eigenvalue weighted by atomic mass is 10.2. The summed E-state index contributed by atoms with van der Waals surface area (Å²) in [7, 11) is 0. The Balaban J connectivity index is 1.59. The normalized spacial score (nSPS) is 14.5. The summed E-state index contributed by atoms with van der Waals surface area (Å²) in [5, 5.41) is 13.0. The van der Waals surface area contributed by atoms with Crippen LogP contribution in [0.2, 0.25) is 0 Å². The highest BCUT2D eigenvalue weighted by atomic mass is 32.1. The zero-order valence-electron chi connectivity index (χ0n) is 11.2. The highest BCUT2D eigenvalue weighted by Crippen LogP contribution is 2.42. The van der Waals surface area contributed by atoms with Crippen LogP contribution < -0.4 is 11.1 Å². The Hall–Kier alpha value is -2.34. The molecule has 2 heterocycles. The van der Waals surface area contributed by atoms with Crippen LogP contribution >= 0.6 is 11.3 Å². The molecule has 0 radical (unpaired) electrons. The first-order chi connectivity index (χ1) is 10.2. The second kappa shape index (κ2) is 4.60. The van der Waals surface area contributed by atoms with Gasteiger partial charge in [-0.3, -0.25) is 9.89 Å². The highest BCUT2D eigenvalue weighted by molar-refractivity contribution is 7.17. The summed E-state index contributed by atoms with van der Waals surface area (Å²) in [5.41, 5.74) is 8.43. The molecule has 1 amide bonds. The minimum Gasteiger partial charge on any atom is -0.395 e. The number of aromatic amines is 1. The van der Waals surface area contributed by atoms with Crippen LogP contribution in [0.3, 0.4) is 0 Å². The number of H-pyrrole nitrogens is 1. The number of rotatable bonds is 3. The van der Waals surface area contributed by atoms with E-state index in [0.717, 1.165) is 29.6 Å². The number of thiophene rings is 1. The molecule has 0 spiro atoms. The summed E-state index contributed by atoms with van der Waals surface area (Å²) in [6, 6.07) is 7.87. The van der Waals surface area contributed by atoms with Crippen molar-refractivity contribution in [2.75, 3.05) is 11.1 Å². The fraction of sp³-hybridized carbons (Fsp3) is 0.200. The summed E-state index contributed by atoms with van der Waals surface area (Å²) in [5.74, 6) is 0.173. The Labute approximate surface area is 125 Å². The van der Waals surface area contributed by atoms with Gasteiger partial charge in [-0.05, 0) is 47.9 Å². The summed E-state index contributed by atoms with van der Waals surface area (Å²) in [4.78, 5) is 12.3. The maximum Gasteiger partial charge on any atom is 0.278 e. The highest BCUT2D eigenvalue weighted by Gasteiger charge is 2.30. The van der Waals surface area contributed by atoms with Crippen molar-refractivity contribution in [1.82, 2.24) is 10.2 Å². The molecule has 0 atom stereocenters. The third-order valence-electron chi connectivity index (χ3n) is 3.74. The van der Waals surface area contributed by atoms with Gasteiger partial charge in [-0.2, -0.15) is 5.10 Å². The molecule has 106 valence electrons. The molecule has 1 aromatic carbocycles. The lowest BCUT2D eigenvalue weighted by Crippen LogP contribution is -2.14. The van der Waals surface area contributed by atoms with Crippen molar-refractivity contribution in [3.05, 3.63) is 41.0 Å².